The summed E-state index contributed by atoms with van der Waals surface area (Å²) in [5.74, 6) is 0. The van der Waals surface area contributed by atoms with Crippen molar-refractivity contribution in [3.63, 3.8) is 0 Å². The second kappa shape index (κ2) is 6.19. The number of thiophene rings is 1. The van der Waals surface area contributed by atoms with Crippen molar-refractivity contribution in [1.29, 1.82) is 0 Å². The molecule has 1 aliphatic carbocycles. The van der Waals surface area contributed by atoms with E-state index in [9.17, 15) is 0 Å². The van der Waals surface area contributed by atoms with Crippen LogP contribution in [0.3, 0.4) is 0 Å². The van der Waals surface area contributed by atoms with E-state index in [2.05, 4.69) is 56.2 Å². The Labute approximate surface area is 126 Å². The second-order valence-corrected chi connectivity index (χ2v) is 9.16. The second-order valence-electron chi connectivity index (χ2n) is 6.71. The Bertz CT molecular complexity index is 397. The molecule has 2 rings (SSSR count). The lowest BCUT2D eigenvalue weighted by Gasteiger charge is -2.27. The SMILES string of the molecule is CSC1(CNCc2ccc(C(C)(C)C)s2)CCCC1. The van der Waals surface area contributed by atoms with E-state index < -0.39 is 0 Å². The Hall–Kier alpha value is 0.01000. The summed E-state index contributed by atoms with van der Waals surface area (Å²) in [7, 11) is 0. The van der Waals surface area contributed by atoms with Crippen molar-refractivity contribution in [2.75, 3.05) is 12.8 Å². The summed E-state index contributed by atoms with van der Waals surface area (Å²) in [4.78, 5) is 2.96. The van der Waals surface area contributed by atoms with Gasteiger partial charge in [0.05, 0.1) is 0 Å². The van der Waals surface area contributed by atoms with Crippen LogP contribution in [0.4, 0.5) is 0 Å². The first-order valence-corrected chi connectivity index (χ1v) is 9.34. The molecule has 108 valence electrons. The molecule has 0 aromatic carbocycles. The minimum Gasteiger partial charge on any atom is -0.310 e. The van der Waals surface area contributed by atoms with Crippen molar-refractivity contribution in [3.8, 4) is 0 Å². The number of nitrogens with one attached hydrogen (secondary N) is 1. The molecule has 1 aromatic heterocycles. The number of hydrogen-bond donors (Lipinski definition) is 1. The fourth-order valence-corrected chi connectivity index (χ4v) is 4.74. The first-order chi connectivity index (χ1) is 8.95. The van der Waals surface area contributed by atoms with Crippen LogP contribution in [0.2, 0.25) is 0 Å². The smallest absolute Gasteiger partial charge is 0.0300 e. The maximum absolute atomic E-state index is 3.69. The zero-order valence-electron chi connectivity index (χ0n) is 12.7. The van der Waals surface area contributed by atoms with Gasteiger partial charge in [0.15, 0.2) is 0 Å². The van der Waals surface area contributed by atoms with Gasteiger partial charge >= 0.3 is 0 Å². The lowest BCUT2D eigenvalue weighted by molar-refractivity contribution is 0.535. The normalized spacial score (nSPS) is 18.9. The molecule has 1 heterocycles. The molecular formula is C16H27NS2. The van der Waals surface area contributed by atoms with Crippen LogP contribution in [0.5, 0.6) is 0 Å². The van der Waals surface area contributed by atoms with Crippen LogP contribution in [0, 0.1) is 0 Å². The molecule has 1 aliphatic rings. The van der Waals surface area contributed by atoms with E-state index in [-0.39, 0.29) is 5.41 Å². The summed E-state index contributed by atoms with van der Waals surface area (Å²) in [6.07, 6.45) is 7.87. The fourth-order valence-electron chi connectivity index (χ4n) is 2.76. The van der Waals surface area contributed by atoms with Crippen molar-refractivity contribution in [1.82, 2.24) is 5.32 Å². The highest BCUT2D eigenvalue weighted by Crippen LogP contribution is 2.39. The standard InChI is InChI=1S/C16H27NS2/c1-15(2,3)14-8-7-13(19-14)11-17-12-16(18-4)9-5-6-10-16/h7-8,17H,5-6,9-12H2,1-4H3. The van der Waals surface area contributed by atoms with Gasteiger partial charge in [0.1, 0.15) is 0 Å². The third-order valence-corrected chi connectivity index (χ3v) is 7.02. The van der Waals surface area contributed by atoms with Gasteiger partial charge < -0.3 is 5.32 Å². The summed E-state index contributed by atoms with van der Waals surface area (Å²) in [6.45, 7) is 9.06. The maximum Gasteiger partial charge on any atom is 0.0300 e. The molecule has 0 bridgehead atoms. The van der Waals surface area contributed by atoms with E-state index in [0.29, 0.717) is 4.75 Å². The van der Waals surface area contributed by atoms with Crippen molar-refractivity contribution >= 4 is 23.1 Å². The molecule has 0 amide bonds. The minimum atomic E-state index is 0.287. The number of hydrogen-bond acceptors (Lipinski definition) is 3. The van der Waals surface area contributed by atoms with Crippen LogP contribution in [0.1, 0.15) is 56.2 Å². The Morgan fingerprint density at radius 2 is 1.95 bits per heavy atom. The number of thioether (sulfide) groups is 1. The predicted octanol–water partition coefficient (Wildman–Crippen LogP) is 4.81. The van der Waals surface area contributed by atoms with Crippen LogP contribution in [-0.2, 0) is 12.0 Å². The van der Waals surface area contributed by atoms with Gasteiger partial charge in [0.25, 0.3) is 0 Å². The van der Waals surface area contributed by atoms with E-state index in [1.807, 2.05) is 11.3 Å². The molecule has 19 heavy (non-hydrogen) atoms. The largest absolute Gasteiger partial charge is 0.310 e. The average molecular weight is 298 g/mol. The van der Waals surface area contributed by atoms with Crippen LogP contribution < -0.4 is 5.32 Å². The molecule has 0 saturated heterocycles. The summed E-state index contributed by atoms with van der Waals surface area (Å²) >= 11 is 4.02. The van der Waals surface area contributed by atoms with Crippen LogP contribution >= 0.6 is 23.1 Å². The summed E-state index contributed by atoms with van der Waals surface area (Å²) in [5, 5.41) is 3.69. The lowest BCUT2D eigenvalue weighted by Crippen LogP contribution is -2.34. The van der Waals surface area contributed by atoms with Crippen LogP contribution in [0.25, 0.3) is 0 Å². The Kier molecular flexibility index (Phi) is 5.02. The van der Waals surface area contributed by atoms with Gasteiger partial charge in [0.2, 0.25) is 0 Å². The highest BCUT2D eigenvalue weighted by atomic mass is 32.2. The monoisotopic (exact) mass is 297 g/mol. The van der Waals surface area contributed by atoms with Gasteiger partial charge in [-0.3, -0.25) is 0 Å². The van der Waals surface area contributed by atoms with Gasteiger partial charge in [0, 0.05) is 27.6 Å². The molecule has 0 radical (unpaired) electrons. The summed E-state index contributed by atoms with van der Waals surface area (Å²) in [6, 6.07) is 4.58. The van der Waals surface area contributed by atoms with E-state index in [4.69, 9.17) is 0 Å². The van der Waals surface area contributed by atoms with Gasteiger partial charge in [-0.15, -0.1) is 11.3 Å². The molecule has 0 atom stereocenters. The zero-order chi connectivity index (χ0) is 13.9. The highest BCUT2D eigenvalue weighted by molar-refractivity contribution is 8.00. The minimum absolute atomic E-state index is 0.287. The van der Waals surface area contributed by atoms with E-state index in [0.717, 1.165) is 13.1 Å². The quantitative estimate of drug-likeness (QED) is 0.837. The predicted molar refractivity (Wildman–Crippen MR) is 89.4 cm³/mol. The third-order valence-electron chi connectivity index (χ3n) is 4.10. The Morgan fingerprint density at radius 3 is 2.47 bits per heavy atom. The molecule has 0 aliphatic heterocycles. The molecule has 1 aromatic rings. The van der Waals surface area contributed by atoms with Crippen molar-refractivity contribution in [2.24, 2.45) is 0 Å². The fraction of sp³-hybridized carbons (Fsp3) is 0.750. The molecule has 0 unspecified atom stereocenters. The molecule has 0 spiro atoms. The van der Waals surface area contributed by atoms with Crippen molar-refractivity contribution in [2.45, 2.75) is 63.2 Å². The molecular weight excluding hydrogens is 270 g/mol. The maximum atomic E-state index is 3.69. The summed E-state index contributed by atoms with van der Waals surface area (Å²) in [5.41, 5.74) is 0.287. The lowest BCUT2D eigenvalue weighted by atomic mass is 9.95. The van der Waals surface area contributed by atoms with Gasteiger partial charge in [-0.25, -0.2) is 0 Å². The van der Waals surface area contributed by atoms with Crippen LogP contribution in [-0.4, -0.2) is 17.5 Å². The van der Waals surface area contributed by atoms with E-state index >= 15 is 0 Å². The van der Waals surface area contributed by atoms with Gasteiger partial charge in [-0.1, -0.05) is 33.6 Å². The molecule has 1 N–H and O–H groups in total. The van der Waals surface area contributed by atoms with Crippen LogP contribution in [0.15, 0.2) is 12.1 Å². The molecule has 1 nitrogen and oxygen atoms in total. The first kappa shape index (κ1) is 15.4. The first-order valence-electron chi connectivity index (χ1n) is 7.30. The zero-order valence-corrected chi connectivity index (χ0v) is 14.3. The van der Waals surface area contributed by atoms with E-state index in [1.165, 1.54) is 35.4 Å². The summed E-state index contributed by atoms with van der Waals surface area (Å²) < 4.78 is 0.518. The molecule has 1 fully saturated rings. The molecule has 3 heteroatoms. The van der Waals surface area contributed by atoms with E-state index in [1.54, 1.807) is 0 Å². The number of rotatable bonds is 5. The third kappa shape index (κ3) is 3.99. The Morgan fingerprint density at radius 1 is 1.26 bits per heavy atom. The topological polar surface area (TPSA) is 12.0 Å². The van der Waals surface area contributed by atoms with Gasteiger partial charge in [-0.05, 0) is 36.6 Å². The Balaban J connectivity index is 1.84. The van der Waals surface area contributed by atoms with Crippen molar-refractivity contribution < 1.29 is 0 Å². The molecule has 1 saturated carbocycles. The highest BCUT2D eigenvalue weighted by Gasteiger charge is 2.32. The average Bonchev–Trinajstić information content (AvgIpc) is 2.97. The van der Waals surface area contributed by atoms with Gasteiger partial charge in [-0.2, -0.15) is 11.8 Å². The van der Waals surface area contributed by atoms with Crippen molar-refractivity contribution in [3.05, 3.63) is 21.9 Å².